The third-order valence-electron chi connectivity index (χ3n) is 6.71. The molecular formula is C24H29FN2O3S. The maximum atomic E-state index is 14.0. The summed E-state index contributed by atoms with van der Waals surface area (Å²) in [7, 11) is -3.89. The van der Waals surface area contributed by atoms with Crippen LogP contribution in [0.4, 0.5) is 4.39 Å². The van der Waals surface area contributed by atoms with Gasteiger partial charge in [-0.1, -0.05) is 30.3 Å². The van der Waals surface area contributed by atoms with Gasteiger partial charge in [-0.3, -0.25) is 4.79 Å². The molecule has 2 aromatic rings. The SMILES string of the molecule is Cc1ccc(C2CCCN2C(=O)C2CCN(S(=O)(=O)c3ccccc3F)CC2)cc1C. The number of amides is 1. The molecule has 0 radical (unpaired) electrons. The summed E-state index contributed by atoms with van der Waals surface area (Å²) < 4.78 is 41.0. The molecule has 2 aliphatic rings. The number of aryl methyl sites for hydroxylation is 2. The Bertz CT molecular complexity index is 1080. The van der Waals surface area contributed by atoms with Crippen LogP contribution in [0, 0.1) is 25.6 Å². The van der Waals surface area contributed by atoms with Crippen molar-refractivity contribution in [3.8, 4) is 0 Å². The minimum Gasteiger partial charge on any atom is -0.335 e. The van der Waals surface area contributed by atoms with Crippen LogP contribution in [0.5, 0.6) is 0 Å². The normalized spacial score (nSPS) is 20.9. The molecule has 1 atom stereocenters. The molecule has 2 fully saturated rings. The van der Waals surface area contributed by atoms with Gasteiger partial charge in [0.25, 0.3) is 0 Å². The summed E-state index contributed by atoms with van der Waals surface area (Å²) in [4.78, 5) is 15.0. The van der Waals surface area contributed by atoms with Gasteiger partial charge < -0.3 is 4.90 Å². The number of rotatable bonds is 4. The summed E-state index contributed by atoms with van der Waals surface area (Å²) in [5.41, 5.74) is 3.64. The number of hydrogen-bond acceptors (Lipinski definition) is 3. The zero-order valence-corrected chi connectivity index (χ0v) is 18.9. The third kappa shape index (κ3) is 4.26. The lowest BCUT2D eigenvalue weighted by Gasteiger charge is -2.34. The molecule has 0 bridgehead atoms. The van der Waals surface area contributed by atoms with Gasteiger partial charge in [0.15, 0.2) is 0 Å². The fourth-order valence-electron chi connectivity index (χ4n) is 4.72. The van der Waals surface area contributed by atoms with Crippen LogP contribution in [0.3, 0.4) is 0 Å². The number of sulfonamides is 1. The monoisotopic (exact) mass is 444 g/mol. The van der Waals surface area contributed by atoms with Crippen molar-refractivity contribution in [3.05, 3.63) is 65.0 Å². The standard InChI is InChI=1S/C24H29FN2O3S/c1-17-9-10-20(16-18(17)2)22-7-5-13-27(22)24(28)19-11-14-26(15-12-19)31(29,30)23-8-4-3-6-21(23)25/h3-4,6,8-10,16,19,22H,5,7,11-15H2,1-2H3. The second kappa shape index (κ2) is 8.71. The summed E-state index contributed by atoms with van der Waals surface area (Å²) >= 11 is 0. The summed E-state index contributed by atoms with van der Waals surface area (Å²) in [5.74, 6) is -0.822. The first-order valence-electron chi connectivity index (χ1n) is 10.9. The Morgan fingerprint density at radius 1 is 0.968 bits per heavy atom. The van der Waals surface area contributed by atoms with E-state index in [0.717, 1.165) is 25.5 Å². The largest absolute Gasteiger partial charge is 0.335 e. The van der Waals surface area contributed by atoms with Crippen LogP contribution in [-0.4, -0.2) is 43.2 Å². The van der Waals surface area contributed by atoms with E-state index in [2.05, 4.69) is 32.0 Å². The quantitative estimate of drug-likeness (QED) is 0.710. The van der Waals surface area contributed by atoms with E-state index >= 15 is 0 Å². The lowest BCUT2D eigenvalue weighted by molar-refractivity contribution is -0.137. The number of hydrogen-bond donors (Lipinski definition) is 0. The highest BCUT2D eigenvalue weighted by Gasteiger charge is 2.38. The van der Waals surface area contributed by atoms with E-state index < -0.39 is 15.8 Å². The van der Waals surface area contributed by atoms with Crippen LogP contribution in [0.25, 0.3) is 0 Å². The molecule has 2 saturated heterocycles. The molecule has 0 spiro atoms. The smallest absolute Gasteiger partial charge is 0.245 e. The van der Waals surface area contributed by atoms with E-state index in [1.807, 2.05) is 4.90 Å². The van der Waals surface area contributed by atoms with Crippen LogP contribution < -0.4 is 0 Å². The Labute approximate surface area is 183 Å². The lowest BCUT2D eigenvalue weighted by Crippen LogP contribution is -2.44. The Hall–Kier alpha value is -2.25. The molecule has 0 aromatic heterocycles. The van der Waals surface area contributed by atoms with Crippen molar-refractivity contribution in [1.29, 1.82) is 0 Å². The van der Waals surface area contributed by atoms with Crippen LogP contribution >= 0.6 is 0 Å². The van der Waals surface area contributed by atoms with Gasteiger partial charge in [-0.15, -0.1) is 0 Å². The van der Waals surface area contributed by atoms with E-state index in [4.69, 9.17) is 0 Å². The first kappa shape index (κ1) is 22.0. The molecule has 0 aliphatic carbocycles. The molecule has 2 aromatic carbocycles. The molecule has 5 nitrogen and oxygen atoms in total. The molecule has 4 rings (SSSR count). The average Bonchev–Trinajstić information content (AvgIpc) is 3.25. The third-order valence-corrected chi connectivity index (χ3v) is 8.64. The number of halogens is 1. The average molecular weight is 445 g/mol. The highest BCUT2D eigenvalue weighted by molar-refractivity contribution is 7.89. The number of nitrogens with zero attached hydrogens (tertiary/aromatic N) is 2. The molecule has 7 heteroatoms. The van der Waals surface area contributed by atoms with Crippen LogP contribution in [0.2, 0.25) is 0 Å². The number of benzene rings is 2. The second-order valence-electron chi connectivity index (χ2n) is 8.64. The number of carbonyl (C=O) groups is 1. The van der Waals surface area contributed by atoms with Gasteiger partial charge in [-0.2, -0.15) is 4.31 Å². The maximum absolute atomic E-state index is 14.0. The Kier molecular flexibility index (Phi) is 6.17. The van der Waals surface area contributed by atoms with Crippen LogP contribution in [0.15, 0.2) is 47.4 Å². The summed E-state index contributed by atoms with van der Waals surface area (Å²) in [6.45, 7) is 5.38. The number of piperidine rings is 1. The van der Waals surface area contributed by atoms with E-state index in [9.17, 15) is 17.6 Å². The van der Waals surface area contributed by atoms with Crippen molar-refractivity contribution in [2.24, 2.45) is 5.92 Å². The molecule has 1 amide bonds. The second-order valence-corrected chi connectivity index (χ2v) is 10.5. The van der Waals surface area contributed by atoms with Crippen molar-refractivity contribution in [2.45, 2.75) is 50.5 Å². The fourth-order valence-corrected chi connectivity index (χ4v) is 6.25. The molecule has 0 N–H and O–H groups in total. The zero-order valence-electron chi connectivity index (χ0n) is 18.1. The van der Waals surface area contributed by atoms with Gasteiger partial charge in [-0.05, 0) is 68.4 Å². The van der Waals surface area contributed by atoms with Gasteiger partial charge in [0.2, 0.25) is 15.9 Å². The zero-order chi connectivity index (χ0) is 22.2. The lowest BCUT2D eigenvalue weighted by atomic mass is 9.94. The first-order valence-corrected chi connectivity index (χ1v) is 12.4. The summed E-state index contributed by atoms with van der Waals surface area (Å²) in [6.07, 6.45) is 2.85. The van der Waals surface area contributed by atoms with Crippen LogP contribution in [0.1, 0.15) is 48.4 Å². The van der Waals surface area contributed by atoms with Crippen LogP contribution in [-0.2, 0) is 14.8 Å². The first-order chi connectivity index (χ1) is 14.8. The molecule has 2 heterocycles. The maximum Gasteiger partial charge on any atom is 0.245 e. The molecule has 31 heavy (non-hydrogen) atoms. The molecule has 166 valence electrons. The number of carbonyl (C=O) groups excluding carboxylic acids is 1. The fraction of sp³-hybridized carbons (Fsp3) is 0.458. The highest BCUT2D eigenvalue weighted by atomic mass is 32.2. The van der Waals surface area contributed by atoms with E-state index in [-0.39, 0.29) is 35.9 Å². The van der Waals surface area contributed by atoms with Crippen molar-refractivity contribution >= 4 is 15.9 Å². The van der Waals surface area contributed by atoms with Gasteiger partial charge in [0.1, 0.15) is 10.7 Å². The van der Waals surface area contributed by atoms with Crippen molar-refractivity contribution in [1.82, 2.24) is 9.21 Å². The molecule has 2 aliphatic heterocycles. The molecular weight excluding hydrogens is 415 g/mol. The Balaban J connectivity index is 1.44. The predicted octanol–water partition coefficient (Wildman–Crippen LogP) is 4.21. The van der Waals surface area contributed by atoms with Gasteiger partial charge >= 0.3 is 0 Å². The van der Waals surface area contributed by atoms with Gasteiger partial charge in [-0.25, -0.2) is 12.8 Å². The van der Waals surface area contributed by atoms with Crippen molar-refractivity contribution in [3.63, 3.8) is 0 Å². The highest BCUT2D eigenvalue weighted by Crippen LogP contribution is 2.36. The minimum absolute atomic E-state index is 0.0898. The summed E-state index contributed by atoms with van der Waals surface area (Å²) in [6, 6.07) is 11.9. The molecule has 0 saturated carbocycles. The van der Waals surface area contributed by atoms with Crippen molar-refractivity contribution in [2.75, 3.05) is 19.6 Å². The topological polar surface area (TPSA) is 57.7 Å². The van der Waals surface area contributed by atoms with Gasteiger partial charge in [0.05, 0.1) is 6.04 Å². The van der Waals surface area contributed by atoms with Crippen molar-refractivity contribution < 1.29 is 17.6 Å². The molecule has 1 unspecified atom stereocenters. The van der Waals surface area contributed by atoms with E-state index in [1.165, 1.54) is 39.2 Å². The number of likely N-dealkylation sites (tertiary alicyclic amines) is 1. The Morgan fingerprint density at radius 3 is 2.35 bits per heavy atom. The van der Waals surface area contributed by atoms with Gasteiger partial charge in [0, 0.05) is 25.6 Å². The predicted molar refractivity (Wildman–Crippen MR) is 117 cm³/mol. The van der Waals surface area contributed by atoms with E-state index in [0.29, 0.717) is 12.8 Å². The summed E-state index contributed by atoms with van der Waals surface area (Å²) in [5, 5.41) is 0. The Morgan fingerprint density at radius 2 is 1.68 bits per heavy atom. The minimum atomic E-state index is -3.89. The van der Waals surface area contributed by atoms with E-state index in [1.54, 1.807) is 0 Å².